The third-order valence-corrected chi connectivity index (χ3v) is 2.47. The summed E-state index contributed by atoms with van der Waals surface area (Å²) in [6.07, 6.45) is 1.73. The average molecular weight is 280 g/mol. The van der Waals surface area contributed by atoms with Gasteiger partial charge >= 0.3 is 12.0 Å². The number of rotatable bonds is 7. The van der Waals surface area contributed by atoms with Crippen molar-refractivity contribution in [3.8, 4) is 6.07 Å². The molecule has 0 radical (unpaired) electrons. The Bertz CT molecular complexity index is 507. The van der Waals surface area contributed by atoms with Crippen molar-refractivity contribution in [2.45, 2.75) is 26.4 Å². The predicted octanol–water partition coefficient (Wildman–Crippen LogP) is -0.192. The number of urea groups is 1. The molecule has 1 rings (SSSR count). The number of hydrogen-bond donors (Lipinski definition) is 2. The van der Waals surface area contributed by atoms with Crippen LogP contribution in [0, 0.1) is 11.3 Å². The molecule has 2 N–H and O–H groups in total. The molecule has 108 valence electrons. The fourth-order valence-corrected chi connectivity index (χ4v) is 1.50. The van der Waals surface area contributed by atoms with Crippen molar-refractivity contribution in [2.24, 2.45) is 0 Å². The number of aromatic nitrogens is 3. The van der Waals surface area contributed by atoms with Crippen LogP contribution >= 0.6 is 0 Å². The Labute approximate surface area is 115 Å². The van der Waals surface area contributed by atoms with Crippen LogP contribution in [0.5, 0.6) is 0 Å². The molecule has 20 heavy (non-hydrogen) atoms. The number of carbonyl (C=O) groups is 2. The third kappa shape index (κ3) is 4.93. The summed E-state index contributed by atoms with van der Waals surface area (Å²) in [5.74, 6) is -1.01. The first-order valence-electron chi connectivity index (χ1n) is 6.07. The van der Waals surface area contributed by atoms with E-state index < -0.39 is 5.97 Å². The normalized spacial score (nSPS) is 9.80. The minimum Gasteiger partial charge on any atom is -0.480 e. The van der Waals surface area contributed by atoms with Gasteiger partial charge in [-0.2, -0.15) is 5.26 Å². The fourth-order valence-electron chi connectivity index (χ4n) is 1.50. The van der Waals surface area contributed by atoms with Crippen molar-refractivity contribution in [1.29, 1.82) is 5.26 Å². The quantitative estimate of drug-likeness (QED) is 0.713. The zero-order chi connectivity index (χ0) is 15.0. The summed E-state index contributed by atoms with van der Waals surface area (Å²) in [6.45, 7) is 2.57. The van der Waals surface area contributed by atoms with E-state index in [4.69, 9.17) is 10.4 Å². The fraction of sp³-hybridized carbons (Fsp3) is 0.545. The number of aliphatic carboxylic acids is 1. The standard InChI is InChI=1S/C11H16N6O3/c1-2-16(5-3-4-12)11(20)13-6-9-7-17(15-14-9)8-10(18)19/h7H,2-3,5-6,8H2,1H3,(H,13,20)(H,18,19). The molecule has 9 heteroatoms. The number of carboxylic acids is 1. The lowest BCUT2D eigenvalue weighted by molar-refractivity contribution is -0.137. The molecule has 0 fully saturated rings. The molecular weight excluding hydrogens is 264 g/mol. The molecule has 0 bridgehead atoms. The minimum atomic E-state index is -1.01. The van der Waals surface area contributed by atoms with Crippen molar-refractivity contribution in [3.63, 3.8) is 0 Å². The van der Waals surface area contributed by atoms with Crippen molar-refractivity contribution < 1.29 is 14.7 Å². The molecule has 0 atom stereocenters. The largest absolute Gasteiger partial charge is 0.480 e. The first-order chi connectivity index (χ1) is 9.56. The average Bonchev–Trinajstić information content (AvgIpc) is 2.84. The van der Waals surface area contributed by atoms with Crippen molar-refractivity contribution in [2.75, 3.05) is 13.1 Å². The maximum Gasteiger partial charge on any atom is 0.325 e. The van der Waals surface area contributed by atoms with Crippen LogP contribution in [-0.2, 0) is 17.9 Å². The van der Waals surface area contributed by atoms with E-state index in [-0.39, 0.29) is 25.5 Å². The minimum absolute atomic E-state index is 0.154. The Hall–Kier alpha value is -2.63. The zero-order valence-corrected chi connectivity index (χ0v) is 11.1. The number of nitrogens with one attached hydrogen (secondary N) is 1. The van der Waals surface area contributed by atoms with E-state index in [9.17, 15) is 9.59 Å². The number of carboxylic acid groups (broad SMARTS) is 1. The van der Waals surface area contributed by atoms with Gasteiger partial charge in [-0.1, -0.05) is 5.21 Å². The molecule has 0 aliphatic rings. The Morgan fingerprint density at radius 1 is 1.60 bits per heavy atom. The van der Waals surface area contributed by atoms with Crippen molar-refractivity contribution in [3.05, 3.63) is 11.9 Å². The molecule has 0 spiro atoms. The molecular formula is C11H16N6O3. The van der Waals surface area contributed by atoms with Gasteiger partial charge < -0.3 is 15.3 Å². The lowest BCUT2D eigenvalue weighted by Gasteiger charge is -2.19. The molecule has 1 heterocycles. The summed E-state index contributed by atoms with van der Waals surface area (Å²) < 4.78 is 1.18. The second kappa shape index (κ2) is 7.73. The molecule has 2 amide bonds. The van der Waals surface area contributed by atoms with E-state index in [1.165, 1.54) is 15.8 Å². The third-order valence-electron chi connectivity index (χ3n) is 2.47. The van der Waals surface area contributed by atoms with E-state index in [0.717, 1.165) is 0 Å². The van der Waals surface area contributed by atoms with E-state index >= 15 is 0 Å². The first kappa shape index (κ1) is 15.4. The topological polar surface area (TPSA) is 124 Å². The molecule has 1 aromatic rings. The van der Waals surface area contributed by atoms with E-state index in [1.54, 1.807) is 0 Å². The van der Waals surface area contributed by atoms with Crippen LogP contribution in [0.2, 0.25) is 0 Å². The smallest absolute Gasteiger partial charge is 0.325 e. The number of nitriles is 1. The Balaban J connectivity index is 2.45. The molecule has 0 saturated carbocycles. The number of nitrogens with zero attached hydrogens (tertiary/aromatic N) is 5. The van der Waals surface area contributed by atoms with Crippen LogP contribution in [0.25, 0.3) is 0 Å². The number of hydrogen-bond acceptors (Lipinski definition) is 5. The zero-order valence-electron chi connectivity index (χ0n) is 11.1. The number of amides is 2. The highest BCUT2D eigenvalue weighted by molar-refractivity contribution is 5.74. The molecule has 0 aliphatic carbocycles. The van der Waals surface area contributed by atoms with Gasteiger partial charge in [0.05, 0.1) is 25.2 Å². The molecule has 1 aromatic heterocycles. The maximum atomic E-state index is 11.8. The van der Waals surface area contributed by atoms with E-state index in [2.05, 4.69) is 15.6 Å². The highest BCUT2D eigenvalue weighted by atomic mass is 16.4. The summed E-state index contributed by atoms with van der Waals surface area (Å²) in [7, 11) is 0. The highest BCUT2D eigenvalue weighted by Crippen LogP contribution is 1.96. The molecule has 9 nitrogen and oxygen atoms in total. The Kier molecular flexibility index (Phi) is 5.96. The molecule has 0 aliphatic heterocycles. The van der Waals surface area contributed by atoms with Gasteiger partial charge in [0.25, 0.3) is 0 Å². The van der Waals surface area contributed by atoms with E-state index in [0.29, 0.717) is 18.8 Å². The van der Waals surface area contributed by atoms with Gasteiger partial charge in [-0.3, -0.25) is 4.79 Å². The number of carbonyl (C=O) groups excluding carboxylic acids is 1. The second-order valence-corrected chi connectivity index (χ2v) is 3.95. The van der Waals surface area contributed by atoms with E-state index in [1.807, 2.05) is 13.0 Å². The predicted molar refractivity (Wildman–Crippen MR) is 67.4 cm³/mol. The second-order valence-electron chi connectivity index (χ2n) is 3.95. The maximum absolute atomic E-state index is 11.8. The summed E-state index contributed by atoms with van der Waals surface area (Å²) in [4.78, 5) is 23.8. The summed E-state index contributed by atoms with van der Waals surface area (Å²) in [6, 6.07) is 1.68. The van der Waals surface area contributed by atoms with Crippen LogP contribution in [0.4, 0.5) is 4.79 Å². The van der Waals surface area contributed by atoms with Gasteiger partial charge in [0.15, 0.2) is 0 Å². The van der Waals surface area contributed by atoms with Crippen molar-refractivity contribution in [1.82, 2.24) is 25.2 Å². The van der Waals surface area contributed by atoms with Crippen LogP contribution < -0.4 is 5.32 Å². The van der Waals surface area contributed by atoms with Gasteiger partial charge in [-0.15, -0.1) is 5.10 Å². The van der Waals surface area contributed by atoms with Gasteiger partial charge in [-0.25, -0.2) is 9.48 Å². The lowest BCUT2D eigenvalue weighted by atomic mass is 10.4. The monoisotopic (exact) mass is 280 g/mol. The lowest BCUT2D eigenvalue weighted by Crippen LogP contribution is -2.40. The van der Waals surface area contributed by atoms with Crippen LogP contribution in [0.3, 0.4) is 0 Å². The van der Waals surface area contributed by atoms with Crippen LogP contribution in [-0.4, -0.2) is 50.1 Å². The van der Waals surface area contributed by atoms with Crippen molar-refractivity contribution >= 4 is 12.0 Å². The Morgan fingerprint density at radius 2 is 2.35 bits per heavy atom. The summed E-state index contributed by atoms with van der Waals surface area (Å²) in [5.41, 5.74) is 0.468. The van der Waals surface area contributed by atoms with Crippen LogP contribution in [0.15, 0.2) is 6.20 Å². The van der Waals surface area contributed by atoms with Gasteiger partial charge in [-0.05, 0) is 6.92 Å². The summed E-state index contributed by atoms with van der Waals surface area (Å²) >= 11 is 0. The molecule has 0 unspecified atom stereocenters. The molecule has 0 saturated heterocycles. The SMILES string of the molecule is CCN(CCC#N)C(=O)NCc1cn(CC(=O)O)nn1. The molecule has 0 aromatic carbocycles. The highest BCUT2D eigenvalue weighted by Gasteiger charge is 2.11. The van der Waals surface area contributed by atoms with Gasteiger partial charge in [0, 0.05) is 13.1 Å². The Morgan fingerprint density at radius 3 is 2.95 bits per heavy atom. The first-order valence-corrected chi connectivity index (χ1v) is 6.07. The van der Waals surface area contributed by atoms with Gasteiger partial charge in [0.2, 0.25) is 0 Å². The van der Waals surface area contributed by atoms with Crippen LogP contribution in [0.1, 0.15) is 19.0 Å². The summed E-state index contributed by atoms with van der Waals surface area (Å²) in [5, 5.41) is 27.1. The van der Waals surface area contributed by atoms with Gasteiger partial charge in [0.1, 0.15) is 12.2 Å².